The van der Waals surface area contributed by atoms with Crippen molar-refractivity contribution in [2.45, 2.75) is 0 Å². The van der Waals surface area contributed by atoms with Crippen LogP contribution in [0.25, 0.3) is 22.2 Å². The Balaban J connectivity index is 0.00000121. The summed E-state index contributed by atoms with van der Waals surface area (Å²) in [6.07, 6.45) is 4.87. The minimum absolute atomic E-state index is 0. The van der Waals surface area contributed by atoms with Gasteiger partial charge in [0.2, 0.25) is 0 Å². The molecule has 0 aliphatic heterocycles. The summed E-state index contributed by atoms with van der Waals surface area (Å²) < 4.78 is 3.14. The predicted molar refractivity (Wildman–Crippen MR) is 61.3 cm³/mol. The van der Waals surface area contributed by atoms with E-state index in [1.54, 1.807) is 23.0 Å². The van der Waals surface area contributed by atoms with Crippen LogP contribution in [-0.2, 0) is 0 Å². The third kappa shape index (κ3) is 1.64. The minimum Gasteiger partial charge on any atom is -0.545 e. The van der Waals surface area contributed by atoms with E-state index in [-0.39, 0.29) is 35.1 Å². The maximum absolute atomic E-state index is 11.2. The Morgan fingerprint density at radius 3 is 2.90 bits per heavy atom. The molecule has 0 aliphatic carbocycles. The molecule has 1 aromatic carbocycles. The number of carbonyl (C=O) groups excluding carboxylic acids is 1. The summed E-state index contributed by atoms with van der Waals surface area (Å²) in [6, 6.07) is 4.97. The molecule has 92 valence electrons. The topological polar surface area (TPSA) is 88.5 Å². The zero-order valence-corrected chi connectivity index (χ0v) is 12.5. The fourth-order valence-electron chi connectivity index (χ4n) is 2.24. The largest absolute Gasteiger partial charge is 1.00 e. The van der Waals surface area contributed by atoms with Gasteiger partial charge in [-0.05, 0) is 18.3 Å². The number of rotatable bonds is 1. The first-order valence-corrected chi connectivity index (χ1v) is 5.57. The number of para-hydroxylation sites is 1. The molecule has 0 unspecified atom stereocenters. The van der Waals surface area contributed by atoms with Gasteiger partial charge in [0.05, 0.1) is 16.9 Å². The Morgan fingerprint density at radius 1 is 1.30 bits per heavy atom. The molecular weight excluding hydrogens is 269 g/mol. The fourth-order valence-corrected chi connectivity index (χ4v) is 2.24. The molecule has 20 heavy (non-hydrogen) atoms. The van der Waals surface area contributed by atoms with Crippen LogP contribution < -0.4 is 44.4 Å². The zero-order chi connectivity index (χ0) is 13.0. The maximum atomic E-state index is 11.2. The molecule has 0 saturated heterocycles. The minimum atomic E-state index is -1.24. The van der Waals surface area contributed by atoms with Crippen LogP contribution >= 0.6 is 0 Å². The molecule has 0 N–H and O–H groups in total. The van der Waals surface area contributed by atoms with Crippen LogP contribution in [0.5, 0.6) is 0 Å². The second-order valence-electron chi connectivity index (χ2n) is 4.10. The van der Waals surface area contributed by atoms with Gasteiger partial charge in [-0.25, -0.2) is 4.98 Å². The number of fused-ring (bicyclic) bond motifs is 5. The second-order valence-corrected chi connectivity index (χ2v) is 4.10. The van der Waals surface area contributed by atoms with Crippen LogP contribution in [-0.4, -0.2) is 20.5 Å². The fraction of sp³-hybridized carbons (Fsp3) is 0. The van der Waals surface area contributed by atoms with Crippen molar-refractivity contribution < 1.29 is 44.1 Å². The number of hydrogen-bond acceptors (Lipinski definition) is 4. The second kappa shape index (κ2) is 4.55. The standard InChI is InChI=1S/C12H7N5O2.Na/c18-12(19)8-3-1-2-7-6-16-11-10(13-4-5-14-11)15-17(16)9(7)8;/h1-6H,(H,18,19);/q;+1/p-1. The van der Waals surface area contributed by atoms with Crippen molar-refractivity contribution in [2.75, 3.05) is 0 Å². The van der Waals surface area contributed by atoms with Gasteiger partial charge in [0.1, 0.15) is 5.65 Å². The van der Waals surface area contributed by atoms with Crippen molar-refractivity contribution in [1.82, 2.24) is 19.6 Å². The van der Waals surface area contributed by atoms with Crippen molar-refractivity contribution in [2.24, 2.45) is 0 Å². The zero-order valence-electron chi connectivity index (χ0n) is 10.5. The number of carboxylic acid groups (broad SMARTS) is 1. The van der Waals surface area contributed by atoms with Crippen LogP contribution in [0.4, 0.5) is 0 Å². The summed E-state index contributed by atoms with van der Waals surface area (Å²) in [4.78, 5) is 19.5. The van der Waals surface area contributed by atoms with E-state index in [2.05, 4.69) is 15.1 Å². The van der Waals surface area contributed by atoms with Crippen LogP contribution in [0.3, 0.4) is 0 Å². The molecule has 4 aromatic rings. The first-order chi connectivity index (χ1) is 9.25. The Labute approximate surface area is 134 Å². The van der Waals surface area contributed by atoms with E-state index < -0.39 is 5.97 Å². The van der Waals surface area contributed by atoms with Crippen LogP contribution in [0.1, 0.15) is 10.4 Å². The van der Waals surface area contributed by atoms with Gasteiger partial charge in [0, 0.05) is 12.4 Å². The third-order valence-corrected chi connectivity index (χ3v) is 3.02. The molecule has 0 radical (unpaired) electrons. The van der Waals surface area contributed by atoms with Gasteiger partial charge in [0.25, 0.3) is 5.52 Å². The van der Waals surface area contributed by atoms with Crippen LogP contribution in [0.15, 0.2) is 36.8 Å². The molecule has 0 spiro atoms. The molecule has 3 aromatic heterocycles. The van der Waals surface area contributed by atoms with Gasteiger partial charge >= 0.3 is 29.6 Å². The van der Waals surface area contributed by atoms with E-state index in [4.69, 9.17) is 0 Å². The normalized spacial score (nSPS) is 11.0. The first-order valence-electron chi connectivity index (χ1n) is 5.57. The van der Waals surface area contributed by atoms with Crippen molar-refractivity contribution in [3.8, 4) is 0 Å². The average Bonchev–Trinajstić information content (AvgIpc) is 2.94. The Bertz CT molecular complexity index is 958. The quantitative estimate of drug-likeness (QED) is 0.260. The summed E-state index contributed by atoms with van der Waals surface area (Å²) in [5.41, 5.74) is 1.59. The van der Waals surface area contributed by atoms with Crippen LogP contribution in [0, 0.1) is 0 Å². The van der Waals surface area contributed by atoms with E-state index in [0.717, 1.165) is 5.39 Å². The molecule has 0 atom stereocenters. The number of aromatic carboxylic acids is 1. The van der Waals surface area contributed by atoms with Gasteiger partial charge in [0.15, 0.2) is 5.65 Å². The van der Waals surface area contributed by atoms with Crippen molar-refractivity contribution in [1.29, 1.82) is 0 Å². The molecule has 4 rings (SSSR count). The van der Waals surface area contributed by atoms with Crippen molar-refractivity contribution >= 4 is 28.2 Å². The SMILES string of the molecule is O=C([O-])c1cccc2cn3c4nccnc4[n-][n+]3c12.[Na+]. The smallest absolute Gasteiger partial charge is 0.545 e. The first kappa shape index (κ1) is 13.0. The third-order valence-electron chi connectivity index (χ3n) is 3.02. The van der Waals surface area contributed by atoms with E-state index >= 15 is 0 Å². The van der Waals surface area contributed by atoms with Gasteiger partial charge in [-0.3, -0.25) is 0 Å². The number of hydrogen-bond donors (Lipinski definition) is 0. The molecule has 0 amide bonds. The number of carboxylic acids is 1. The Kier molecular flexibility index (Phi) is 2.97. The van der Waals surface area contributed by atoms with Gasteiger partial charge in [-0.1, -0.05) is 10.7 Å². The molecule has 0 bridgehead atoms. The Hall–Kier alpha value is -1.96. The monoisotopic (exact) mass is 275 g/mol. The van der Waals surface area contributed by atoms with E-state index in [9.17, 15) is 9.90 Å². The molecule has 0 fully saturated rings. The summed E-state index contributed by atoms with van der Waals surface area (Å²) in [5, 5.41) is 16.2. The molecule has 8 heteroatoms. The van der Waals surface area contributed by atoms with Gasteiger partial charge < -0.3 is 14.9 Å². The molecular formula is C12H6N5NaO2. The Morgan fingerprint density at radius 2 is 2.10 bits per heavy atom. The van der Waals surface area contributed by atoms with Crippen LogP contribution in [0.2, 0.25) is 0 Å². The molecule has 0 aliphatic rings. The predicted octanol–water partition coefficient (Wildman–Crippen LogP) is -4.05. The van der Waals surface area contributed by atoms with E-state index in [1.807, 2.05) is 6.07 Å². The van der Waals surface area contributed by atoms with E-state index in [0.29, 0.717) is 16.8 Å². The molecule has 3 heterocycles. The maximum Gasteiger partial charge on any atom is 1.00 e. The summed E-state index contributed by atoms with van der Waals surface area (Å²) in [7, 11) is 0. The summed E-state index contributed by atoms with van der Waals surface area (Å²) >= 11 is 0. The van der Waals surface area contributed by atoms with E-state index in [1.165, 1.54) is 16.9 Å². The van der Waals surface area contributed by atoms with Gasteiger partial charge in [-0.2, -0.15) is 4.52 Å². The number of aromatic nitrogens is 5. The van der Waals surface area contributed by atoms with Crippen molar-refractivity contribution in [3.05, 3.63) is 42.4 Å². The van der Waals surface area contributed by atoms with Crippen molar-refractivity contribution in [3.63, 3.8) is 0 Å². The number of carbonyl (C=O) groups is 1. The van der Waals surface area contributed by atoms with Gasteiger partial charge in [-0.15, -0.1) is 5.10 Å². The number of benzene rings is 1. The summed E-state index contributed by atoms with van der Waals surface area (Å²) in [6.45, 7) is 0. The summed E-state index contributed by atoms with van der Waals surface area (Å²) in [5.74, 6) is -1.24. The number of nitrogens with zero attached hydrogens (tertiary/aromatic N) is 5. The average molecular weight is 275 g/mol. The molecule has 0 saturated carbocycles. The molecule has 7 nitrogen and oxygen atoms in total.